The van der Waals surface area contributed by atoms with Crippen molar-refractivity contribution in [1.82, 2.24) is 5.32 Å². The Labute approximate surface area is 98.4 Å². The summed E-state index contributed by atoms with van der Waals surface area (Å²) in [6.07, 6.45) is 5.49. The molecule has 16 heavy (non-hydrogen) atoms. The zero-order valence-electron chi connectivity index (χ0n) is 10.4. The zero-order chi connectivity index (χ0) is 11.3. The quantitative estimate of drug-likeness (QED) is 0.787. The van der Waals surface area contributed by atoms with Gasteiger partial charge in [0.15, 0.2) is 0 Å². The third-order valence-corrected chi connectivity index (χ3v) is 5.17. The van der Waals surface area contributed by atoms with Crippen LogP contribution in [0.1, 0.15) is 39.5 Å². The number of nitrogens with zero attached hydrogens (tertiary/aromatic N) is 1. The highest BCUT2D eigenvalue weighted by atomic mass is 15.0. The predicted octanol–water partition coefficient (Wildman–Crippen LogP) is 2.56. The fourth-order valence-electron chi connectivity index (χ4n) is 4.21. The molecule has 2 bridgehead atoms. The molecule has 2 heteroatoms. The van der Waals surface area contributed by atoms with Gasteiger partial charge in [-0.1, -0.05) is 0 Å². The molecule has 4 unspecified atom stereocenters. The van der Waals surface area contributed by atoms with Gasteiger partial charge in [0.1, 0.15) is 0 Å². The molecular weight excluding hydrogens is 196 g/mol. The van der Waals surface area contributed by atoms with Crippen LogP contribution in [-0.2, 0) is 0 Å². The summed E-state index contributed by atoms with van der Waals surface area (Å²) in [6, 6.07) is 3.20. The topological polar surface area (TPSA) is 35.8 Å². The van der Waals surface area contributed by atoms with E-state index in [-0.39, 0.29) is 5.41 Å². The van der Waals surface area contributed by atoms with Crippen LogP contribution < -0.4 is 5.32 Å². The molecule has 88 valence electrons. The number of nitrogens with one attached hydrogen (secondary N) is 1. The van der Waals surface area contributed by atoms with Crippen LogP contribution in [0.15, 0.2) is 0 Å². The van der Waals surface area contributed by atoms with Gasteiger partial charge in [-0.3, -0.25) is 0 Å². The van der Waals surface area contributed by atoms with Crippen LogP contribution in [0.4, 0.5) is 0 Å². The highest BCUT2D eigenvalue weighted by Gasteiger charge is 2.64. The lowest BCUT2D eigenvalue weighted by Gasteiger charge is -2.16. The molecule has 3 aliphatic carbocycles. The Morgan fingerprint density at radius 3 is 2.44 bits per heavy atom. The maximum Gasteiger partial charge on any atom is 0.0684 e. The van der Waals surface area contributed by atoms with Gasteiger partial charge < -0.3 is 5.32 Å². The second-order valence-corrected chi connectivity index (χ2v) is 6.71. The molecule has 0 heterocycles. The van der Waals surface area contributed by atoms with Crippen molar-refractivity contribution in [3.63, 3.8) is 0 Å². The van der Waals surface area contributed by atoms with Gasteiger partial charge in [0, 0.05) is 6.04 Å². The fourth-order valence-corrected chi connectivity index (χ4v) is 4.21. The lowest BCUT2D eigenvalue weighted by atomic mass is 9.91. The summed E-state index contributed by atoms with van der Waals surface area (Å²) < 4.78 is 0. The van der Waals surface area contributed by atoms with Crippen molar-refractivity contribution in [2.45, 2.75) is 45.6 Å². The van der Waals surface area contributed by atoms with Crippen molar-refractivity contribution in [3.8, 4) is 6.07 Å². The number of nitriles is 1. The Balaban J connectivity index is 1.45. The summed E-state index contributed by atoms with van der Waals surface area (Å²) >= 11 is 0. The van der Waals surface area contributed by atoms with Gasteiger partial charge in [0.25, 0.3) is 0 Å². The summed E-state index contributed by atoms with van der Waals surface area (Å²) in [5.74, 6) is 4.14. The standard InChI is InChI=1S/C14H22N2/c1-14(2,8-15)5-6-16-13-11-9-3-4-10(7-9)12(11)13/h9-13,16H,3-7H2,1-2H3. The Morgan fingerprint density at radius 1 is 1.25 bits per heavy atom. The van der Waals surface area contributed by atoms with Crippen LogP contribution >= 0.6 is 0 Å². The number of rotatable bonds is 4. The molecule has 3 saturated carbocycles. The van der Waals surface area contributed by atoms with Gasteiger partial charge in [-0.2, -0.15) is 5.26 Å². The molecule has 0 amide bonds. The first-order valence-electron chi connectivity index (χ1n) is 6.77. The molecule has 0 aliphatic heterocycles. The van der Waals surface area contributed by atoms with Crippen molar-refractivity contribution >= 4 is 0 Å². The largest absolute Gasteiger partial charge is 0.313 e. The third kappa shape index (κ3) is 1.57. The number of hydrogen-bond acceptors (Lipinski definition) is 2. The average molecular weight is 218 g/mol. The summed E-state index contributed by atoms with van der Waals surface area (Å²) in [7, 11) is 0. The SMILES string of the molecule is CC(C)(C#N)CCNC1C2C3CCC(C3)C12. The second-order valence-electron chi connectivity index (χ2n) is 6.71. The maximum atomic E-state index is 8.95. The van der Waals surface area contributed by atoms with Gasteiger partial charge in [-0.25, -0.2) is 0 Å². The van der Waals surface area contributed by atoms with Crippen molar-refractivity contribution in [1.29, 1.82) is 5.26 Å². The van der Waals surface area contributed by atoms with Crippen LogP contribution in [0.5, 0.6) is 0 Å². The molecule has 0 saturated heterocycles. The van der Waals surface area contributed by atoms with Crippen molar-refractivity contribution in [2.75, 3.05) is 6.54 Å². The Hall–Kier alpha value is -0.550. The van der Waals surface area contributed by atoms with Crippen LogP contribution in [0.25, 0.3) is 0 Å². The summed E-state index contributed by atoms with van der Waals surface area (Å²) in [5.41, 5.74) is -0.157. The van der Waals surface area contributed by atoms with Gasteiger partial charge >= 0.3 is 0 Å². The van der Waals surface area contributed by atoms with E-state index in [0.717, 1.165) is 42.7 Å². The zero-order valence-corrected chi connectivity index (χ0v) is 10.4. The Kier molecular flexibility index (Phi) is 2.30. The molecular formula is C14H22N2. The van der Waals surface area contributed by atoms with Gasteiger partial charge in [-0.15, -0.1) is 0 Å². The van der Waals surface area contributed by atoms with Crippen LogP contribution in [0, 0.1) is 40.4 Å². The summed E-state index contributed by atoms with van der Waals surface area (Å²) in [4.78, 5) is 0. The third-order valence-electron chi connectivity index (χ3n) is 5.17. The molecule has 3 aliphatic rings. The van der Waals surface area contributed by atoms with Gasteiger partial charge in [0.05, 0.1) is 11.5 Å². The molecule has 4 atom stereocenters. The fraction of sp³-hybridized carbons (Fsp3) is 0.929. The van der Waals surface area contributed by atoms with Gasteiger partial charge in [-0.05, 0) is 69.7 Å². The molecule has 0 aromatic heterocycles. The van der Waals surface area contributed by atoms with E-state index in [9.17, 15) is 0 Å². The highest BCUT2D eigenvalue weighted by Crippen LogP contribution is 2.65. The lowest BCUT2D eigenvalue weighted by Crippen LogP contribution is -2.27. The van der Waals surface area contributed by atoms with E-state index in [1.807, 2.05) is 13.8 Å². The monoisotopic (exact) mass is 218 g/mol. The minimum atomic E-state index is -0.157. The summed E-state index contributed by atoms with van der Waals surface area (Å²) in [6.45, 7) is 5.09. The molecule has 0 aromatic carbocycles. The van der Waals surface area contributed by atoms with E-state index in [4.69, 9.17) is 5.26 Å². The molecule has 0 spiro atoms. The van der Waals surface area contributed by atoms with E-state index in [1.54, 1.807) is 0 Å². The van der Waals surface area contributed by atoms with Crippen LogP contribution in [0.2, 0.25) is 0 Å². The van der Waals surface area contributed by atoms with Gasteiger partial charge in [0.2, 0.25) is 0 Å². The van der Waals surface area contributed by atoms with E-state index < -0.39 is 0 Å². The van der Waals surface area contributed by atoms with Crippen LogP contribution in [-0.4, -0.2) is 12.6 Å². The predicted molar refractivity (Wildman–Crippen MR) is 63.6 cm³/mol. The van der Waals surface area contributed by atoms with Crippen molar-refractivity contribution in [3.05, 3.63) is 0 Å². The molecule has 1 N–H and O–H groups in total. The van der Waals surface area contributed by atoms with E-state index >= 15 is 0 Å². The Bertz CT molecular complexity index is 312. The van der Waals surface area contributed by atoms with E-state index in [0.29, 0.717) is 0 Å². The number of hydrogen-bond donors (Lipinski definition) is 1. The normalized spacial score (nSPS) is 44.2. The molecule has 3 fully saturated rings. The highest BCUT2D eigenvalue weighted by molar-refractivity contribution is 5.16. The first kappa shape index (κ1) is 10.6. The van der Waals surface area contributed by atoms with E-state index in [1.165, 1.54) is 19.3 Å². The summed E-state index contributed by atoms with van der Waals surface area (Å²) in [5, 5.41) is 12.7. The van der Waals surface area contributed by atoms with Crippen LogP contribution in [0.3, 0.4) is 0 Å². The minimum absolute atomic E-state index is 0.157. The molecule has 2 nitrogen and oxygen atoms in total. The molecule has 3 rings (SSSR count). The smallest absolute Gasteiger partial charge is 0.0684 e. The number of fused-ring (bicyclic) bond motifs is 5. The second kappa shape index (κ2) is 3.47. The Morgan fingerprint density at radius 2 is 1.88 bits per heavy atom. The lowest BCUT2D eigenvalue weighted by molar-refractivity contribution is 0.404. The van der Waals surface area contributed by atoms with E-state index in [2.05, 4.69) is 11.4 Å². The first-order chi connectivity index (χ1) is 7.62. The average Bonchev–Trinajstić information content (AvgIpc) is 2.68. The molecule has 0 aromatic rings. The maximum absolute atomic E-state index is 8.95. The minimum Gasteiger partial charge on any atom is -0.313 e. The van der Waals surface area contributed by atoms with Crippen molar-refractivity contribution < 1.29 is 0 Å². The molecule has 0 radical (unpaired) electrons. The first-order valence-corrected chi connectivity index (χ1v) is 6.77. The van der Waals surface area contributed by atoms with Crippen molar-refractivity contribution in [2.24, 2.45) is 29.1 Å².